The van der Waals surface area contributed by atoms with Gasteiger partial charge in [-0.15, -0.1) is 0 Å². The first-order chi connectivity index (χ1) is 12.1. The van der Waals surface area contributed by atoms with Crippen LogP contribution in [-0.2, 0) is 10.0 Å². The van der Waals surface area contributed by atoms with Gasteiger partial charge in [0.2, 0.25) is 0 Å². The topological polar surface area (TPSA) is 52.0 Å². The van der Waals surface area contributed by atoms with Gasteiger partial charge >= 0.3 is 0 Å². The lowest BCUT2D eigenvalue weighted by Crippen LogP contribution is -2.14. The van der Waals surface area contributed by atoms with Crippen LogP contribution in [0.4, 0.5) is 0 Å². The van der Waals surface area contributed by atoms with Crippen LogP contribution in [0.3, 0.4) is 0 Å². The highest BCUT2D eigenvalue weighted by Gasteiger charge is 2.22. The van der Waals surface area contributed by atoms with Gasteiger partial charge in [0.1, 0.15) is 0 Å². The van der Waals surface area contributed by atoms with E-state index >= 15 is 0 Å². The highest BCUT2D eigenvalue weighted by molar-refractivity contribution is 7.90. The van der Waals surface area contributed by atoms with Crippen molar-refractivity contribution in [2.24, 2.45) is 0 Å². The summed E-state index contributed by atoms with van der Waals surface area (Å²) in [5, 5.41) is 4.97. The van der Waals surface area contributed by atoms with Gasteiger partial charge in [0.25, 0.3) is 10.0 Å². The molecule has 0 aliphatic carbocycles. The Hall–Kier alpha value is -2.92. The lowest BCUT2D eigenvalue weighted by atomic mass is 10.0. The summed E-state index contributed by atoms with van der Waals surface area (Å²) in [5.74, 6) is 0. The van der Waals surface area contributed by atoms with E-state index in [2.05, 4.69) is 5.10 Å². The Morgan fingerprint density at radius 3 is 2.28 bits per heavy atom. The molecule has 0 amide bonds. The van der Waals surface area contributed by atoms with Crippen LogP contribution >= 0.6 is 0 Å². The van der Waals surface area contributed by atoms with Crippen molar-refractivity contribution in [3.05, 3.63) is 84.6 Å². The van der Waals surface area contributed by atoms with Gasteiger partial charge in [-0.05, 0) is 24.6 Å². The Morgan fingerprint density at radius 1 is 0.840 bits per heavy atom. The van der Waals surface area contributed by atoms with E-state index in [1.165, 1.54) is 0 Å². The number of aromatic nitrogens is 2. The molecule has 0 atom stereocenters. The summed E-state index contributed by atoms with van der Waals surface area (Å²) in [5.41, 5.74) is 3.39. The predicted molar refractivity (Wildman–Crippen MR) is 98.9 cm³/mol. The Bertz CT molecular complexity index is 1150. The molecule has 5 heteroatoms. The normalized spacial score (nSPS) is 11.7. The van der Waals surface area contributed by atoms with Crippen molar-refractivity contribution >= 4 is 20.9 Å². The second-order valence-corrected chi connectivity index (χ2v) is 7.68. The van der Waals surface area contributed by atoms with E-state index in [4.69, 9.17) is 0 Å². The lowest BCUT2D eigenvalue weighted by Gasteiger charge is -2.10. The van der Waals surface area contributed by atoms with Crippen molar-refractivity contribution < 1.29 is 8.42 Å². The van der Waals surface area contributed by atoms with Gasteiger partial charge in [-0.2, -0.15) is 17.6 Å². The van der Waals surface area contributed by atoms with E-state index in [1.807, 2.05) is 55.5 Å². The summed E-state index contributed by atoms with van der Waals surface area (Å²) >= 11 is 0. The maximum Gasteiger partial charge on any atom is 0.283 e. The molecular weight excluding hydrogens is 332 g/mol. The number of benzene rings is 3. The smallest absolute Gasteiger partial charge is 0.199 e. The van der Waals surface area contributed by atoms with Gasteiger partial charge in [0, 0.05) is 10.9 Å². The first-order valence-electron chi connectivity index (χ1n) is 7.92. The minimum absolute atomic E-state index is 0.228. The molecule has 0 aliphatic heterocycles. The van der Waals surface area contributed by atoms with Gasteiger partial charge < -0.3 is 0 Å². The summed E-state index contributed by atoms with van der Waals surface area (Å²) < 4.78 is 27.3. The van der Waals surface area contributed by atoms with Crippen molar-refractivity contribution in [1.29, 1.82) is 0 Å². The van der Waals surface area contributed by atoms with Crippen LogP contribution in [-0.4, -0.2) is 17.6 Å². The summed E-state index contributed by atoms with van der Waals surface area (Å²) in [6.07, 6.45) is 1.59. The van der Waals surface area contributed by atoms with Gasteiger partial charge in [0.15, 0.2) is 0 Å². The molecule has 124 valence electrons. The minimum atomic E-state index is -3.76. The van der Waals surface area contributed by atoms with Crippen molar-refractivity contribution in [3.63, 3.8) is 0 Å². The largest absolute Gasteiger partial charge is 0.283 e. The van der Waals surface area contributed by atoms with Crippen molar-refractivity contribution in [1.82, 2.24) is 9.19 Å². The molecule has 1 aromatic heterocycles. The Kier molecular flexibility index (Phi) is 3.66. The molecule has 0 saturated heterocycles. The van der Waals surface area contributed by atoms with Crippen LogP contribution in [0.15, 0.2) is 83.9 Å². The molecule has 0 aliphatic rings. The van der Waals surface area contributed by atoms with E-state index < -0.39 is 10.0 Å². The summed E-state index contributed by atoms with van der Waals surface area (Å²) in [4.78, 5) is 0.228. The van der Waals surface area contributed by atoms with Gasteiger partial charge in [-0.3, -0.25) is 0 Å². The molecule has 1 heterocycles. The summed E-state index contributed by atoms with van der Waals surface area (Å²) in [7, 11) is -3.76. The maximum atomic E-state index is 13.1. The van der Waals surface area contributed by atoms with Crippen LogP contribution in [0.1, 0.15) is 5.56 Å². The third-order valence-electron chi connectivity index (χ3n) is 4.19. The molecular formula is C20H16N2O2S. The van der Waals surface area contributed by atoms with E-state index in [0.29, 0.717) is 5.52 Å². The molecule has 0 fully saturated rings. The molecule has 0 radical (unpaired) electrons. The van der Waals surface area contributed by atoms with Crippen molar-refractivity contribution in [2.45, 2.75) is 11.8 Å². The quantitative estimate of drug-likeness (QED) is 0.556. The average Bonchev–Trinajstić information content (AvgIpc) is 3.08. The number of fused-ring (bicyclic) bond motifs is 1. The first-order valence-corrected chi connectivity index (χ1v) is 9.36. The van der Waals surface area contributed by atoms with Crippen LogP contribution < -0.4 is 0 Å². The first kappa shape index (κ1) is 15.6. The molecule has 25 heavy (non-hydrogen) atoms. The number of hydrogen-bond donors (Lipinski definition) is 0. The van der Waals surface area contributed by atoms with Crippen LogP contribution in [0.25, 0.3) is 22.0 Å². The molecule has 0 N–H and O–H groups in total. The lowest BCUT2D eigenvalue weighted by molar-refractivity contribution is 0.582. The zero-order valence-corrected chi connectivity index (χ0v) is 14.4. The van der Waals surface area contributed by atoms with E-state index in [-0.39, 0.29) is 4.90 Å². The SMILES string of the molecule is Cc1ccc(S(=O)(=O)n2ncc3cccc(-c4ccccc4)c32)cc1. The second kappa shape index (κ2) is 5.86. The molecule has 0 saturated carbocycles. The van der Waals surface area contributed by atoms with Crippen LogP contribution in [0.5, 0.6) is 0 Å². The van der Waals surface area contributed by atoms with Crippen LogP contribution in [0.2, 0.25) is 0 Å². The molecule has 4 nitrogen and oxygen atoms in total. The second-order valence-electron chi connectivity index (χ2n) is 5.92. The number of aryl methyl sites for hydroxylation is 1. The Labute approximate surface area is 146 Å². The summed E-state index contributed by atoms with van der Waals surface area (Å²) in [6.45, 7) is 1.92. The fourth-order valence-corrected chi connectivity index (χ4v) is 4.19. The van der Waals surface area contributed by atoms with Crippen LogP contribution in [0, 0.1) is 6.92 Å². The molecule has 0 spiro atoms. The zero-order valence-electron chi connectivity index (χ0n) is 13.6. The van der Waals surface area contributed by atoms with E-state index in [1.54, 1.807) is 30.5 Å². The van der Waals surface area contributed by atoms with Crippen molar-refractivity contribution in [2.75, 3.05) is 0 Å². The number of nitrogens with zero attached hydrogens (tertiary/aromatic N) is 2. The van der Waals surface area contributed by atoms with E-state index in [9.17, 15) is 8.42 Å². The third kappa shape index (κ3) is 2.62. The molecule has 0 bridgehead atoms. The standard InChI is InChI=1S/C20H16N2O2S/c1-15-10-12-18(13-11-15)25(23,24)22-20-17(14-21-22)8-5-9-19(20)16-6-3-2-4-7-16/h2-14H,1H3. The molecule has 4 rings (SSSR count). The average molecular weight is 348 g/mol. The van der Waals surface area contributed by atoms with Crippen molar-refractivity contribution in [3.8, 4) is 11.1 Å². The molecule has 4 aromatic rings. The fourth-order valence-electron chi connectivity index (χ4n) is 2.89. The van der Waals surface area contributed by atoms with Gasteiger partial charge in [0.05, 0.1) is 16.6 Å². The summed E-state index contributed by atoms with van der Waals surface area (Å²) in [6, 6.07) is 22.2. The highest BCUT2D eigenvalue weighted by atomic mass is 32.2. The zero-order chi connectivity index (χ0) is 17.4. The van der Waals surface area contributed by atoms with Gasteiger partial charge in [-0.1, -0.05) is 66.2 Å². The van der Waals surface area contributed by atoms with Gasteiger partial charge in [-0.25, -0.2) is 0 Å². The Balaban J connectivity index is 1.99. The van der Waals surface area contributed by atoms with E-state index in [0.717, 1.165) is 26.2 Å². The monoisotopic (exact) mass is 348 g/mol. The number of rotatable bonds is 3. The molecule has 0 unspecified atom stereocenters. The fraction of sp³-hybridized carbons (Fsp3) is 0.0500. The number of hydrogen-bond acceptors (Lipinski definition) is 3. The number of para-hydroxylation sites is 1. The minimum Gasteiger partial charge on any atom is -0.199 e. The Morgan fingerprint density at radius 2 is 1.56 bits per heavy atom. The third-order valence-corrected chi connectivity index (χ3v) is 5.79. The molecule has 3 aromatic carbocycles. The predicted octanol–water partition coefficient (Wildman–Crippen LogP) is 4.25. The highest BCUT2D eigenvalue weighted by Crippen LogP contribution is 2.30. The maximum absolute atomic E-state index is 13.1.